The molecular weight excluding hydrogens is 354 g/mol. The number of hydrogen-bond acceptors (Lipinski definition) is 5. The molecule has 4 heterocycles. The van der Waals surface area contributed by atoms with Crippen LogP contribution in [0.3, 0.4) is 0 Å². The highest BCUT2D eigenvalue weighted by molar-refractivity contribution is 5.91. The minimum Gasteiger partial charge on any atom is -0.459 e. The lowest BCUT2D eigenvalue weighted by atomic mass is 9.70. The molecular formula is C21H31N5O2. The zero-order valence-corrected chi connectivity index (χ0v) is 17.2. The molecule has 0 bridgehead atoms. The van der Waals surface area contributed by atoms with E-state index in [0.717, 1.165) is 51.3 Å². The Morgan fingerprint density at radius 1 is 1.36 bits per heavy atom. The molecule has 2 saturated heterocycles. The average molecular weight is 386 g/mol. The first-order valence-electron chi connectivity index (χ1n) is 10.5. The summed E-state index contributed by atoms with van der Waals surface area (Å²) in [5, 5.41) is 8.72. The van der Waals surface area contributed by atoms with Crippen molar-refractivity contribution in [3.8, 4) is 0 Å². The molecule has 1 spiro atoms. The Balaban J connectivity index is 1.63. The summed E-state index contributed by atoms with van der Waals surface area (Å²) in [6, 6.07) is 4.08. The number of amides is 1. The van der Waals surface area contributed by atoms with Crippen molar-refractivity contribution < 1.29 is 9.21 Å². The van der Waals surface area contributed by atoms with E-state index in [1.54, 1.807) is 18.4 Å². The lowest BCUT2D eigenvalue weighted by molar-refractivity contribution is 0.0627. The fraction of sp³-hybridized carbons (Fsp3) is 0.667. The number of furan rings is 1. The molecule has 2 aromatic rings. The molecule has 7 nitrogen and oxygen atoms in total. The van der Waals surface area contributed by atoms with Gasteiger partial charge in [0.25, 0.3) is 5.91 Å². The molecule has 4 rings (SSSR count). The van der Waals surface area contributed by atoms with E-state index in [1.807, 2.05) is 11.2 Å². The fourth-order valence-corrected chi connectivity index (χ4v) is 4.97. The normalized spacial score (nSPS) is 22.4. The van der Waals surface area contributed by atoms with Crippen LogP contribution in [0.2, 0.25) is 0 Å². The van der Waals surface area contributed by atoms with Crippen molar-refractivity contribution in [2.75, 3.05) is 26.2 Å². The molecule has 1 amide bonds. The van der Waals surface area contributed by atoms with Gasteiger partial charge in [-0.25, -0.2) is 0 Å². The molecule has 1 unspecified atom stereocenters. The van der Waals surface area contributed by atoms with Gasteiger partial charge in [0.2, 0.25) is 0 Å². The standard InChI is InChI=1S/C21H31N5O2/c1-4-9-25-15-22-23-19(25)17-13-26(20(27)18-6-5-12-28-18)14-21(17)7-10-24(11-8-21)16(2)3/h5-6,12,15-17H,4,7-11,13-14H2,1-3H3. The van der Waals surface area contributed by atoms with Crippen LogP contribution in [0, 0.1) is 5.41 Å². The minimum absolute atomic E-state index is 0.0141. The molecule has 7 heteroatoms. The molecule has 2 aliphatic heterocycles. The van der Waals surface area contributed by atoms with Gasteiger partial charge in [-0.05, 0) is 58.3 Å². The Kier molecular flexibility index (Phi) is 5.27. The maximum atomic E-state index is 13.0. The van der Waals surface area contributed by atoms with Gasteiger partial charge in [0, 0.05) is 37.0 Å². The van der Waals surface area contributed by atoms with Gasteiger partial charge in [-0.3, -0.25) is 4.79 Å². The monoisotopic (exact) mass is 385 g/mol. The number of carbonyl (C=O) groups excluding carboxylic acids is 1. The first-order chi connectivity index (χ1) is 13.5. The highest BCUT2D eigenvalue weighted by atomic mass is 16.3. The molecule has 0 radical (unpaired) electrons. The Hall–Kier alpha value is -2.15. The predicted octanol–water partition coefficient (Wildman–Crippen LogP) is 3.01. The van der Waals surface area contributed by atoms with Crippen LogP contribution in [0.4, 0.5) is 0 Å². The number of likely N-dealkylation sites (tertiary alicyclic amines) is 2. The van der Waals surface area contributed by atoms with Gasteiger partial charge in [-0.2, -0.15) is 0 Å². The van der Waals surface area contributed by atoms with Crippen LogP contribution in [-0.4, -0.2) is 62.7 Å². The number of nitrogens with zero attached hydrogens (tertiary/aromatic N) is 5. The van der Waals surface area contributed by atoms with E-state index in [1.165, 1.54) is 0 Å². The first kappa shape index (κ1) is 19.2. The highest BCUT2D eigenvalue weighted by Crippen LogP contribution is 2.49. The Bertz CT molecular complexity index is 790. The maximum Gasteiger partial charge on any atom is 0.289 e. The van der Waals surface area contributed by atoms with Gasteiger partial charge >= 0.3 is 0 Å². The van der Waals surface area contributed by atoms with Gasteiger partial charge in [0.15, 0.2) is 5.76 Å². The zero-order valence-electron chi connectivity index (χ0n) is 17.2. The smallest absolute Gasteiger partial charge is 0.289 e. The van der Waals surface area contributed by atoms with E-state index in [0.29, 0.717) is 18.3 Å². The summed E-state index contributed by atoms with van der Waals surface area (Å²) in [6.45, 7) is 11.2. The number of aryl methyl sites for hydroxylation is 1. The Labute approximate surface area is 166 Å². The third kappa shape index (κ3) is 3.36. The zero-order chi connectivity index (χ0) is 19.7. The molecule has 2 aromatic heterocycles. The maximum absolute atomic E-state index is 13.0. The van der Waals surface area contributed by atoms with Gasteiger partial charge in [0.1, 0.15) is 12.2 Å². The van der Waals surface area contributed by atoms with Crippen LogP contribution in [0.25, 0.3) is 0 Å². The number of aromatic nitrogens is 3. The summed E-state index contributed by atoms with van der Waals surface area (Å²) in [7, 11) is 0. The number of piperidine rings is 1. The van der Waals surface area contributed by atoms with Crippen LogP contribution in [0.1, 0.15) is 62.3 Å². The van der Waals surface area contributed by atoms with Crippen molar-refractivity contribution >= 4 is 5.91 Å². The van der Waals surface area contributed by atoms with Gasteiger partial charge in [-0.1, -0.05) is 6.92 Å². The summed E-state index contributed by atoms with van der Waals surface area (Å²) in [5.41, 5.74) is 0.0617. The van der Waals surface area contributed by atoms with E-state index < -0.39 is 0 Å². The van der Waals surface area contributed by atoms with E-state index in [-0.39, 0.29) is 17.2 Å². The minimum atomic E-state index is -0.0141. The van der Waals surface area contributed by atoms with E-state index in [2.05, 4.69) is 40.4 Å². The van der Waals surface area contributed by atoms with Gasteiger partial charge in [-0.15, -0.1) is 10.2 Å². The van der Waals surface area contributed by atoms with E-state index in [9.17, 15) is 4.79 Å². The second-order valence-electron chi connectivity index (χ2n) is 8.59. The average Bonchev–Trinajstić information content (AvgIpc) is 3.42. The SMILES string of the molecule is CCCn1cnnc1C1CN(C(=O)c2ccco2)CC12CCN(C(C)C)CC2. The van der Waals surface area contributed by atoms with Crippen molar-refractivity contribution in [3.63, 3.8) is 0 Å². The fourth-order valence-electron chi connectivity index (χ4n) is 4.97. The third-order valence-electron chi connectivity index (χ3n) is 6.61. The summed E-state index contributed by atoms with van der Waals surface area (Å²) in [4.78, 5) is 17.5. The predicted molar refractivity (Wildman–Crippen MR) is 106 cm³/mol. The topological polar surface area (TPSA) is 67.4 Å². The van der Waals surface area contributed by atoms with Crippen LogP contribution < -0.4 is 0 Å². The van der Waals surface area contributed by atoms with Crippen LogP contribution in [-0.2, 0) is 6.54 Å². The summed E-state index contributed by atoms with van der Waals surface area (Å²) < 4.78 is 7.57. The van der Waals surface area contributed by atoms with Crippen LogP contribution in [0.5, 0.6) is 0 Å². The molecule has 0 N–H and O–H groups in total. The summed E-state index contributed by atoms with van der Waals surface area (Å²) in [5.74, 6) is 1.66. The number of hydrogen-bond donors (Lipinski definition) is 0. The van der Waals surface area contributed by atoms with Crippen molar-refractivity contribution in [3.05, 3.63) is 36.3 Å². The number of carbonyl (C=O) groups is 1. The third-order valence-corrected chi connectivity index (χ3v) is 6.61. The summed E-state index contributed by atoms with van der Waals surface area (Å²) in [6.07, 6.45) is 6.61. The second kappa shape index (κ2) is 7.70. The molecule has 2 aliphatic rings. The molecule has 2 fully saturated rings. The number of rotatable bonds is 5. The van der Waals surface area contributed by atoms with E-state index in [4.69, 9.17) is 4.42 Å². The van der Waals surface area contributed by atoms with Crippen LogP contribution in [0.15, 0.2) is 29.1 Å². The highest BCUT2D eigenvalue weighted by Gasteiger charge is 2.52. The Morgan fingerprint density at radius 3 is 2.79 bits per heavy atom. The van der Waals surface area contributed by atoms with Gasteiger partial charge in [0.05, 0.1) is 6.26 Å². The lowest BCUT2D eigenvalue weighted by Gasteiger charge is -2.43. The van der Waals surface area contributed by atoms with Gasteiger partial charge < -0.3 is 18.8 Å². The molecule has 0 saturated carbocycles. The Morgan fingerprint density at radius 2 is 2.14 bits per heavy atom. The molecule has 28 heavy (non-hydrogen) atoms. The van der Waals surface area contributed by atoms with Crippen molar-refractivity contribution in [2.45, 2.75) is 58.5 Å². The summed E-state index contributed by atoms with van der Waals surface area (Å²) >= 11 is 0. The molecule has 152 valence electrons. The van der Waals surface area contributed by atoms with E-state index >= 15 is 0 Å². The van der Waals surface area contributed by atoms with Crippen molar-refractivity contribution in [1.29, 1.82) is 0 Å². The molecule has 1 atom stereocenters. The van der Waals surface area contributed by atoms with Crippen LogP contribution >= 0.6 is 0 Å². The second-order valence-corrected chi connectivity index (χ2v) is 8.59. The van der Waals surface area contributed by atoms with Crippen molar-refractivity contribution in [1.82, 2.24) is 24.6 Å². The molecule has 0 aromatic carbocycles. The quantitative estimate of drug-likeness (QED) is 0.791. The van der Waals surface area contributed by atoms with Crippen molar-refractivity contribution in [2.24, 2.45) is 5.41 Å². The molecule has 0 aliphatic carbocycles. The first-order valence-corrected chi connectivity index (χ1v) is 10.5. The largest absolute Gasteiger partial charge is 0.459 e. The lowest BCUT2D eigenvalue weighted by Crippen LogP contribution is -2.46.